The average molecular weight is 574 g/mol. The van der Waals surface area contributed by atoms with Crippen molar-refractivity contribution < 1.29 is 21.6 Å². The van der Waals surface area contributed by atoms with Gasteiger partial charge in [0.25, 0.3) is 10.0 Å². The van der Waals surface area contributed by atoms with Gasteiger partial charge in [0, 0.05) is 17.3 Å². The molecule has 0 saturated carbocycles. The number of benzene rings is 3. The van der Waals surface area contributed by atoms with E-state index in [1.165, 1.54) is 12.1 Å². The smallest absolute Gasteiger partial charge is 0.378 e. The molecule has 3 atom stereocenters. The van der Waals surface area contributed by atoms with Crippen LogP contribution in [0.15, 0.2) is 71.6 Å². The molecule has 0 unspecified atom stereocenters. The predicted molar refractivity (Wildman–Crippen MR) is 137 cm³/mol. The second kappa shape index (κ2) is 9.17. The second-order valence-electron chi connectivity index (χ2n) is 8.70. The van der Waals surface area contributed by atoms with Crippen molar-refractivity contribution in [3.05, 3.63) is 98.5 Å². The molecule has 0 amide bonds. The van der Waals surface area contributed by atoms with Gasteiger partial charge in [-0.15, -0.1) is 0 Å². The summed E-state index contributed by atoms with van der Waals surface area (Å²) in [6, 6.07) is 12.9. The van der Waals surface area contributed by atoms with Crippen LogP contribution in [-0.4, -0.2) is 8.42 Å². The highest BCUT2D eigenvalue weighted by Crippen LogP contribution is 2.50. The highest BCUT2D eigenvalue weighted by atomic mass is 35.5. The van der Waals surface area contributed by atoms with Crippen LogP contribution in [0.5, 0.6) is 0 Å². The van der Waals surface area contributed by atoms with Crippen LogP contribution in [0.25, 0.3) is 0 Å². The molecule has 1 heterocycles. The van der Waals surface area contributed by atoms with Crippen LogP contribution in [0.3, 0.4) is 0 Å². The Morgan fingerprint density at radius 2 is 1.67 bits per heavy atom. The minimum absolute atomic E-state index is 0.0526. The van der Waals surface area contributed by atoms with E-state index in [1.54, 1.807) is 18.2 Å². The van der Waals surface area contributed by atoms with Crippen LogP contribution in [-0.2, 0) is 16.2 Å². The molecule has 4 nitrogen and oxygen atoms in total. The number of hydrogen-bond acceptors (Lipinski definition) is 3. The largest absolute Gasteiger partial charge is 0.417 e. The number of fused-ring (bicyclic) bond motifs is 3. The highest BCUT2D eigenvalue weighted by molar-refractivity contribution is 7.92. The molecule has 2 aliphatic rings. The monoisotopic (exact) mass is 572 g/mol. The minimum Gasteiger partial charge on any atom is -0.378 e. The fraction of sp³-hybridized carbons (Fsp3) is 0.200. The average Bonchev–Trinajstić information content (AvgIpc) is 3.31. The molecule has 11 heteroatoms. The van der Waals surface area contributed by atoms with E-state index in [0.29, 0.717) is 16.1 Å². The fourth-order valence-corrected chi connectivity index (χ4v) is 6.41. The number of allylic oxidation sites excluding steroid dienone is 2. The fourth-order valence-electron chi connectivity index (χ4n) is 4.80. The van der Waals surface area contributed by atoms with Crippen LogP contribution in [0.2, 0.25) is 15.1 Å². The van der Waals surface area contributed by atoms with Gasteiger partial charge in [-0.25, -0.2) is 8.42 Å². The van der Waals surface area contributed by atoms with Gasteiger partial charge in [0.1, 0.15) is 0 Å². The maximum absolute atomic E-state index is 13.2. The number of nitrogens with one attached hydrogen (secondary N) is 2. The Balaban J connectivity index is 1.47. The molecule has 3 aromatic rings. The summed E-state index contributed by atoms with van der Waals surface area (Å²) >= 11 is 18.0. The van der Waals surface area contributed by atoms with Crippen molar-refractivity contribution in [3.63, 3.8) is 0 Å². The number of alkyl halides is 3. The molecule has 0 aromatic heterocycles. The maximum atomic E-state index is 13.2. The first-order chi connectivity index (χ1) is 16.9. The van der Waals surface area contributed by atoms with Gasteiger partial charge in [-0.3, -0.25) is 4.72 Å². The van der Waals surface area contributed by atoms with Gasteiger partial charge in [0.15, 0.2) is 0 Å². The number of hydrogen-bond donors (Lipinski definition) is 2. The Labute approximate surface area is 221 Å². The van der Waals surface area contributed by atoms with Crippen molar-refractivity contribution in [1.82, 2.24) is 0 Å². The summed E-state index contributed by atoms with van der Waals surface area (Å²) in [5.74, 6) is 0.0643. The van der Waals surface area contributed by atoms with Gasteiger partial charge in [0.05, 0.1) is 31.6 Å². The third-order valence-electron chi connectivity index (χ3n) is 6.47. The standard InChI is InChI=1S/C25H18Cl3F3N2O2S/c26-20-8-5-14(11-19(20)25(29,30)31)33-36(34,35)15-6-9-23-18(12-15)16-2-1-3-17(16)24(32-23)13-4-7-21(27)22(28)10-13/h1-2,4-12,16-17,24,32-33H,3H2/t16-,17+,24+/m0/s1. The molecule has 5 rings (SSSR count). The molecule has 3 aromatic carbocycles. The van der Waals surface area contributed by atoms with Crippen LogP contribution in [0.4, 0.5) is 24.5 Å². The molecule has 0 fully saturated rings. The normalized spacial score (nSPS) is 21.0. The summed E-state index contributed by atoms with van der Waals surface area (Å²) in [5, 5.41) is 3.89. The van der Waals surface area contributed by atoms with E-state index in [4.69, 9.17) is 34.8 Å². The van der Waals surface area contributed by atoms with E-state index in [-0.39, 0.29) is 28.5 Å². The minimum atomic E-state index is -4.72. The lowest BCUT2D eigenvalue weighted by Gasteiger charge is -2.37. The number of halogens is 6. The lowest BCUT2D eigenvalue weighted by molar-refractivity contribution is -0.137. The van der Waals surface area contributed by atoms with E-state index < -0.39 is 26.8 Å². The van der Waals surface area contributed by atoms with Crippen molar-refractivity contribution in [2.75, 3.05) is 10.0 Å². The van der Waals surface area contributed by atoms with Crippen molar-refractivity contribution in [2.45, 2.75) is 29.5 Å². The molecule has 0 bridgehead atoms. The Bertz CT molecular complexity index is 1490. The molecule has 2 N–H and O–H groups in total. The van der Waals surface area contributed by atoms with E-state index in [9.17, 15) is 21.6 Å². The lowest BCUT2D eigenvalue weighted by atomic mass is 9.77. The lowest BCUT2D eigenvalue weighted by Crippen LogP contribution is -2.29. The molecule has 1 aliphatic heterocycles. The number of rotatable bonds is 4. The molecule has 0 radical (unpaired) electrons. The summed E-state index contributed by atoms with van der Waals surface area (Å²) in [7, 11) is -4.17. The van der Waals surface area contributed by atoms with Gasteiger partial charge >= 0.3 is 6.18 Å². The van der Waals surface area contributed by atoms with Crippen molar-refractivity contribution in [1.29, 1.82) is 0 Å². The van der Waals surface area contributed by atoms with Crippen molar-refractivity contribution in [3.8, 4) is 0 Å². The quantitative estimate of drug-likeness (QED) is 0.309. The Morgan fingerprint density at radius 1 is 0.917 bits per heavy atom. The van der Waals surface area contributed by atoms with Gasteiger partial charge in [-0.1, -0.05) is 53.0 Å². The summed E-state index contributed by atoms with van der Waals surface area (Å²) in [6.45, 7) is 0. The zero-order chi connectivity index (χ0) is 25.8. The summed E-state index contributed by atoms with van der Waals surface area (Å²) in [5.41, 5.74) is 1.17. The van der Waals surface area contributed by atoms with Gasteiger partial charge < -0.3 is 5.32 Å². The van der Waals surface area contributed by atoms with Gasteiger partial charge in [0.2, 0.25) is 0 Å². The summed E-state index contributed by atoms with van der Waals surface area (Å²) < 4.78 is 68.0. The molecular formula is C25H18Cl3F3N2O2S. The molecule has 1 aliphatic carbocycles. The Kier molecular flexibility index (Phi) is 6.44. The number of sulfonamides is 1. The van der Waals surface area contributed by atoms with Crippen molar-refractivity contribution >= 4 is 56.2 Å². The van der Waals surface area contributed by atoms with Crippen molar-refractivity contribution in [2.24, 2.45) is 5.92 Å². The first-order valence-electron chi connectivity index (χ1n) is 10.9. The maximum Gasteiger partial charge on any atom is 0.417 e. The summed E-state index contributed by atoms with van der Waals surface area (Å²) in [6.07, 6.45) is 0.170. The zero-order valence-corrected chi connectivity index (χ0v) is 21.4. The van der Waals surface area contributed by atoms with Crippen LogP contribution < -0.4 is 10.0 Å². The molecular weight excluding hydrogens is 556 g/mol. The third-order valence-corrected chi connectivity index (χ3v) is 8.92. The first kappa shape index (κ1) is 25.3. The first-order valence-corrected chi connectivity index (χ1v) is 13.5. The Hall–Kier alpha value is -2.39. The van der Waals surface area contributed by atoms with Crippen LogP contribution in [0, 0.1) is 5.92 Å². The second-order valence-corrected chi connectivity index (χ2v) is 11.6. The van der Waals surface area contributed by atoms with E-state index in [1.807, 2.05) is 18.2 Å². The molecule has 0 saturated heterocycles. The molecule has 0 spiro atoms. The summed E-state index contributed by atoms with van der Waals surface area (Å²) in [4.78, 5) is -0.0569. The van der Waals surface area contributed by atoms with E-state index in [2.05, 4.69) is 16.1 Å². The van der Waals surface area contributed by atoms with Gasteiger partial charge in [-0.2, -0.15) is 13.2 Å². The van der Waals surface area contributed by atoms with Crippen LogP contribution in [0.1, 0.15) is 35.1 Å². The third kappa shape index (κ3) is 4.67. The molecule has 188 valence electrons. The van der Waals surface area contributed by atoms with Gasteiger partial charge in [-0.05, 0) is 72.0 Å². The van der Waals surface area contributed by atoms with Crippen LogP contribution >= 0.6 is 34.8 Å². The Morgan fingerprint density at radius 3 is 2.39 bits per heavy atom. The highest BCUT2D eigenvalue weighted by Gasteiger charge is 2.39. The molecule has 36 heavy (non-hydrogen) atoms. The SMILES string of the molecule is O=S(=O)(Nc1ccc(Cl)c(C(F)(F)F)c1)c1ccc2c(c1)[C@H]1C=CC[C@H]1[C@@H](c1ccc(Cl)c(Cl)c1)N2. The zero-order valence-electron chi connectivity index (χ0n) is 18.3. The predicted octanol–water partition coefficient (Wildman–Crippen LogP) is 8.29. The number of anilines is 2. The topological polar surface area (TPSA) is 58.2 Å². The van der Waals surface area contributed by atoms with E-state index >= 15 is 0 Å². The van der Waals surface area contributed by atoms with E-state index in [0.717, 1.165) is 29.3 Å².